The molecule has 0 radical (unpaired) electrons. The molecule has 3 aliphatic rings. The van der Waals surface area contributed by atoms with Gasteiger partial charge < -0.3 is 19.3 Å². The maximum Gasteiger partial charge on any atom is 0.167 e. The Hall–Kier alpha value is -2.05. The number of aromatic nitrogens is 4. The monoisotopic (exact) mass is 370 g/mol. The van der Waals surface area contributed by atoms with Crippen molar-refractivity contribution in [1.82, 2.24) is 19.5 Å². The van der Waals surface area contributed by atoms with Gasteiger partial charge in [-0.05, 0) is 26.7 Å². The molecule has 2 aromatic rings. The number of aliphatic hydroxyl groups is 1. The second-order valence-corrected chi connectivity index (χ2v) is 7.87. The van der Waals surface area contributed by atoms with Gasteiger partial charge >= 0.3 is 0 Å². The number of rotatable bonds is 2. The highest BCUT2D eigenvalue weighted by Crippen LogP contribution is 2.44. The van der Waals surface area contributed by atoms with Crippen LogP contribution in [-0.2, 0) is 14.2 Å². The van der Waals surface area contributed by atoms with Gasteiger partial charge in [-0.15, -0.1) is 6.42 Å². The van der Waals surface area contributed by atoms with Gasteiger partial charge in [0.2, 0.25) is 0 Å². The minimum absolute atomic E-state index is 0.0143. The molecule has 2 saturated heterocycles. The van der Waals surface area contributed by atoms with Gasteiger partial charge in [0.25, 0.3) is 0 Å². The van der Waals surface area contributed by atoms with Crippen LogP contribution in [0.25, 0.3) is 11.2 Å². The second-order valence-electron chi connectivity index (χ2n) is 7.87. The summed E-state index contributed by atoms with van der Waals surface area (Å²) in [6, 6.07) is 0. The van der Waals surface area contributed by atoms with Crippen molar-refractivity contribution in [2.75, 3.05) is 0 Å². The molecule has 1 N–H and O–H groups in total. The van der Waals surface area contributed by atoms with Crippen LogP contribution in [0.3, 0.4) is 0 Å². The van der Waals surface area contributed by atoms with Crippen LogP contribution in [0.15, 0.2) is 12.7 Å². The summed E-state index contributed by atoms with van der Waals surface area (Å²) < 4.78 is 19.9. The molecule has 142 valence electrons. The predicted octanol–water partition coefficient (Wildman–Crippen LogP) is 1.51. The van der Waals surface area contributed by atoms with Crippen LogP contribution in [0.5, 0.6) is 0 Å². The maximum atomic E-state index is 10.3. The first-order valence-electron chi connectivity index (χ1n) is 9.31. The number of hydrogen-bond acceptors (Lipinski definition) is 7. The molecule has 4 heterocycles. The average Bonchev–Trinajstić information content (AvgIpc) is 3.37. The van der Waals surface area contributed by atoms with Gasteiger partial charge in [0, 0.05) is 5.92 Å². The summed E-state index contributed by atoms with van der Waals surface area (Å²) in [5.41, 5.74) is 2.12. The molecule has 0 spiro atoms. The van der Waals surface area contributed by atoms with E-state index in [1.54, 1.807) is 6.33 Å². The van der Waals surface area contributed by atoms with Crippen LogP contribution < -0.4 is 0 Å². The molecule has 1 aliphatic carbocycles. The van der Waals surface area contributed by atoms with Gasteiger partial charge in [-0.25, -0.2) is 15.0 Å². The fourth-order valence-electron chi connectivity index (χ4n) is 4.52. The van der Waals surface area contributed by atoms with E-state index in [-0.39, 0.29) is 18.1 Å². The summed E-state index contributed by atoms with van der Waals surface area (Å²) >= 11 is 0. The summed E-state index contributed by atoms with van der Waals surface area (Å²) in [4.78, 5) is 13.4. The summed E-state index contributed by atoms with van der Waals surface area (Å²) in [6.07, 6.45) is 9.43. The lowest BCUT2D eigenvalue weighted by Gasteiger charge is -2.23. The summed E-state index contributed by atoms with van der Waals surface area (Å²) in [5, 5.41) is 10.3. The Labute approximate surface area is 156 Å². The minimum Gasteiger partial charge on any atom is -0.392 e. The van der Waals surface area contributed by atoms with E-state index in [1.165, 1.54) is 6.33 Å². The van der Waals surface area contributed by atoms with Crippen molar-refractivity contribution in [3.05, 3.63) is 18.3 Å². The molecule has 1 saturated carbocycles. The molecule has 8 heteroatoms. The zero-order valence-corrected chi connectivity index (χ0v) is 15.3. The fourth-order valence-corrected chi connectivity index (χ4v) is 4.52. The average molecular weight is 370 g/mol. The third-order valence-corrected chi connectivity index (χ3v) is 5.69. The molecule has 0 amide bonds. The third-order valence-electron chi connectivity index (χ3n) is 5.69. The van der Waals surface area contributed by atoms with E-state index < -0.39 is 24.2 Å². The highest BCUT2D eigenvalue weighted by atomic mass is 16.8. The van der Waals surface area contributed by atoms with Gasteiger partial charge in [0.15, 0.2) is 17.7 Å². The van der Waals surface area contributed by atoms with Crippen LogP contribution in [0.2, 0.25) is 0 Å². The van der Waals surface area contributed by atoms with Gasteiger partial charge in [0.05, 0.1) is 18.1 Å². The fraction of sp³-hybridized carbons (Fsp3) is 0.632. The molecule has 3 fully saturated rings. The summed E-state index contributed by atoms with van der Waals surface area (Å²) in [6.45, 7) is 3.73. The standard InChI is InChI=1S/C19H22N4O4/c1-4-12-15-16(27-19(2,3)26-15)18(25-12)23-9-22-14-13(20-8-21-17(14)23)10-6-5-7-11(10)24/h1,8-12,15-16,18,24H,5-7H2,2-3H3/t10?,11?,12-,15-,16-,18-/m1/s1. The number of ether oxygens (including phenoxy) is 3. The Morgan fingerprint density at radius 1 is 1.22 bits per heavy atom. The van der Waals surface area contributed by atoms with E-state index in [0.29, 0.717) is 11.2 Å². The maximum absolute atomic E-state index is 10.3. The van der Waals surface area contributed by atoms with E-state index in [9.17, 15) is 5.11 Å². The van der Waals surface area contributed by atoms with Crippen LogP contribution in [0.4, 0.5) is 0 Å². The van der Waals surface area contributed by atoms with Crippen LogP contribution in [0, 0.1) is 12.3 Å². The highest BCUT2D eigenvalue weighted by Gasteiger charge is 2.55. The van der Waals surface area contributed by atoms with E-state index in [0.717, 1.165) is 25.0 Å². The smallest absolute Gasteiger partial charge is 0.167 e. The number of imidazole rings is 1. The van der Waals surface area contributed by atoms with Crippen molar-refractivity contribution in [3.8, 4) is 12.3 Å². The first kappa shape index (κ1) is 17.1. The van der Waals surface area contributed by atoms with Gasteiger partial charge in [-0.1, -0.05) is 12.3 Å². The van der Waals surface area contributed by atoms with E-state index in [2.05, 4.69) is 20.9 Å². The zero-order chi connectivity index (χ0) is 18.8. The molecule has 0 bridgehead atoms. The Balaban J connectivity index is 1.55. The number of aliphatic hydroxyl groups excluding tert-OH is 1. The number of fused-ring (bicyclic) bond motifs is 2. The molecule has 2 aromatic heterocycles. The van der Waals surface area contributed by atoms with Crippen molar-refractivity contribution >= 4 is 11.2 Å². The molecule has 8 nitrogen and oxygen atoms in total. The largest absolute Gasteiger partial charge is 0.392 e. The molecule has 2 aliphatic heterocycles. The highest BCUT2D eigenvalue weighted by molar-refractivity contribution is 5.74. The first-order chi connectivity index (χ1) is 13.0. The minimum atomic E-state index is -0.725. The van der Waals surface area contributed by atoms with Crippen molar-refractivity contribution in [2.24, 2.45) is 0 Å². The van der Waals surface area contributed by atoms with Gasteiger partial charge in [0.1, 0.15) is 30.2 Å². The second kappa shape index (κ2) is 5.97. The molecule has 6 atom stereocenters. The van der Waals surface area contributed by atoms with Crippen LogP contribution in [-0.4, -0.2) is 54.8 Å². The lowest BCUT2D eigenvalue weighted by Crippen LogP contribution is -2.28. The molecule has 27 heavy (non-hydrogen) atoms. The normalized spacial score (nSPS) is 37.6. The Bertz CT molecular complexity index is 920. The van der Waals surface area contributed by atoms with Gasteiger partial charge in [-0.2, -0.15) is 0 Å². The SMILES string of the molecule is C#C[C@H]1O[C@@H](n2cnc3c(C4CCCC4O)ncnc32)[C@@H]2OC(C)(C)O[C@@H]21. The molecule has 2 unspecified atom stereocenters. The summed E-state index contributed by atoms with van der Waals surface area (Å²) in [7, 11) is 0. The quantitative estimate of drug-likeness (QED) is 0.801. The van der Waals surface area contributed by atoms with Gasteiger partial charge in [-0.3, -0.25) is 4.57 Å². The topological polar surface area (TPSA) is 91.5 Å². The molecular formula is C19H22N4O4. The number of hydrogen-bond donors (Lipinski definition) is 1. The van der Waals surface area contributed by atoms with Crippen molar-refractivity contribution in [3.63, 3.8) is 0 Å². The van der Waals surface area contributed by atoms with E-state index in [4.69, 9.17) is 20.6 Å². The summed E-state index contributed by atoms with van der Waals surface area (Å²) in [5.74, 6) is 1.91. The third kappa shape index (κ3) is 2.57. The van der Waals surface area contributed by atoms with E-state index >= 15 is 0 Å². The molecule has 5 rings (SSSR count). The van der Waals surface area contributed by atoms with Crippen LogP contribution in [0.1, 0.15) is 50.9 Å². The number of nitrogens with zero attached hydrogens (tertiary/aromatic N) is 4. The predicted molar refractivity (Wildman–Crippen MR) is 94.5 cm³/mol. The van der Waals surface area contributed by atoms with Crippen molar-refractivity contribution in [1.29, 1.82) is 0 Å². The van der Waals surface area contributed by atoms with E-state index in [1.807, 2.05) is 18.4 Å². The Morgan fingerprint density at radius 3 is 2.78 bits per heavy atom. The lowest BCUT2D eigenvalue weighted by molar-refractivity contribution is -0.190. The van der Waals surface area contributed by atoms with Crippen molar-refractivity contribution in [2.45, 2.75) is 75.5 Å². The molecule has 0 aromatic carbocycles. The van der Waals surface area contributed by atoms with Crippen LogP contribution >= 0.6 is 0 Å². The van der Waals surface area contributed by atoms with Crippen molar-refractivity contribution < 1.29 is 19.3 Å². The Morgan fingerprint density at radius 2 is 2.04 bits per heavy atom. The zero-order valence-electron chi connectivity index (χ0n) is 15.3. The Kier molecular flexibility index (Phi) is 3.78. The number of terminal acetylenes is 1. The molecular weight excluding hydrogens is 348 g/mol. The lowest BCUT2D eigenvalue weighted by atomic mass is 10.0. The first-order valence-corrected chi connectivity index (χ1v) is 9.31.